The highest BCUT2D eigenvalue weighted by molar-refractivity contribution is 6.14. The van der Waals surface area contributed by atoms with Crippen molar-refractivity contribution < 1.29 is 4.42 Å². The number of aromatic nitrogens is 3. The lowest BCUT2D eigenvalue weighted by atomic mass is 9.97. The van der Waals surface area contributed by atoms with Crippen LogP contribution in [0.3, 0.4) is 0 Å². The van der Waals surface area contributed by atoms with Gasteiger partial charge >= 0.3 is 0 Å². The van der Waals surface area contributed by atoms with Crippen molar-refractivity contribution in [1.29, 1.82) is 0 Å². The smallest absolute Gasteiger partial charge is 0.160 e. The Morgan fingerprint density at radius 2 is 1.10 bits per heavy atom. The van der Waals surface area contributed by atoms with Crippen molar-refractivity contribution in [2.24, 2.45) is 0 Å². The van der Waals surface area contributed by atoms with Gasteiger partial charge in [0.2, 0.25) is 0 Å². The molecule has 11 rings (SSSR count). The maximum Gasteiger partial charge on any atom is 0.160 e. The Balaban J connectivity index is 1.20. The summed E-state index contributed by atoms with van der Waals surface area (Å²) in [5, 5.41) is 10.4. The lowest BCUT2D eigenvalue weighted by Crippen LogP contribution is -1.99. The van der Waals surface area contributed by atoms with Crippen LogP contribution >= 0.6 is 0 Å². The van der Waals surface area contributed by atoms with Crippen LogP contribution in [-0.4, -0.2) is 14.5 Å². The van der Waals surface area contributed by atoms with Crippen molar-refractivity contribution in [3.63, 3.8) is 0 Å². The minimum atomic E-state index is 0.666. The number of rotatable bonds is 3. The molecule has 0 radical (unpaired) electrons. The fraction of sp³-hybridized carbons (Fsp3) is 0. The number of benzene rings is 8. The van der Waals surface area contributed by atoms with Crippen LogP contribution in [0.2, 0.25) is 0 Å². The van der Waals surface area contributed by atoms with Crippen molar-refractivity contribution in [3.8, 4) is 28.3 Å². The number of para-hydroxylation sites is 3. The molecule has 0 saturated heterocycles. The Morgan fingerprint density at radius 3 is 1.98 bits per heavy atom. The summed E-state index contributed by atoms with van der Waals surface area (Å²) in [6.45, 7) is 0. The lowest BCUT2D eigenvalue weighted by Gasteiger charge is -2.15. The average Bonchev–Trinajstić information content (AvgIpc) is 3.71. The molecule has 0 fully saturated rings. The lowest BCUT2D eigenvalue weighted by molar-refractivity contribution is 0.669. The molecule has 0 N–H and O–H groups in total. The van der Waals surface area contributed by atoms with E-state index in [0.717, 1.165) is 66.1 Å². The van der Waals surface area contributed by atoms with Gasteiger partial charge in [-0.25, -0.2) is 9.97 Å². The molecule has 0 saturated carbocycles. The number of hydrogen-bond donors (Lipinski definition) is 0. The molecule has 0 aliphatic carbocycles. The average molecular weight is 638 g/mol. The van der Waals surface area contributed by atoms with Gasteiger partial charge in [-0.05, 0) is 76.1 Å². The molecule has 0 bridgehead atoms. The first kappa shape index (κ1) is 27.2. The van der Waals surface area contributed by atoms with Crippen LogP contribution in [0, 0.1) is 0 Å². The van der Waals surface area contributed by atoms with Gasteiger partial charge in [0.25, 0.3) is 0 Å². The molecule has 0 spiro atoms. The molecule has 8 aromatic carbocycles. The quantitative estimate of drug-likeness (QED) is 0.194. The van der Waals surface area contributed by atoms with Gasteiger partial charge in [0, 0.05) is 43.7 Å². The third-order valence-corrected chi connectivity index (χ3v) is 10.1. The van der Waals surface area contributed by atoms with E-state index in [1.165, 1.54) is 32.6 Å². The molecular formula is C46H27N3O. The summed E-state index contributed by atoms with van der Waals surface area (Å²) in [5.41, 5.74) is 8.93. The summed E-state index contributed by atoms with van der Waals surface area (Å²) in [7, 11) is 0. The van der Waals surface area contributed by atoms with Crippen LogP contribution in [0.1, 0.15) is 0 Å². The zero-order valence-electron chi connectivity index (χ0n) is 26.8. The molecule has 0 atom stereocenters. The second kappa shape index (κ2) is 10.4. The zero-order chi connectivity index (χ0) is 32.8. The minimum Gasteiger partial charge on any atom is -0.456 e. The molecule has 50 heavy (non-hydrogen) atoms. The summed E-state index contributed by atoms with van der Waals surface area (Å²) >= 11 is 0. The van der Waals surface area contributed by atoms with E-state index >= 15 is 0 Å². The molecule has 232 valence electrons. The summed E-state index contributed by atoms with van der Waals surface area (Å²) in [6, 6.07) is 58.0. The number of fused-ring (bicyclic) bond motifs is 9. The van der Waals surface area contributed by atoms with Crippen molar-refractivity contribution in [1.82, 2.24) is 14.5 Å². The Bertz CT molecular complexity index is 3170. The highest BCUT2D eigenvalue weighted by Crippen LogP contribution is 2.40. The van der Waals surface area contributed by atoms with E-state index in [0.29, 0.717) is 5.82 Å². The fourth-order valence-corrected chi connectivity index (χ4v) is 7.83. The van der Waals surface area contributed by atoms with Crippen LogP contribution in [-0.2, 0) is 0 Å². The summed E-state index contributed by atoms with van der Waals surface area (Å²) in [4.78, 5) is 10.5. The van der Waals surface area contributed by atoms with Gasteiger partial charge < -0.3 is 8.98 Å². The van der Waals surface area contributed by atoms with E-state index in [4.69, 9.17) is 14.4 Å². The van der Waals surface area contributed by atoms with Gasteiger partial charge in [-0.3, -0.25) is 0 Å². The maximum absolute atomic E-state index is 6.27. The van der Waals surface area contributed by atoms with Crippen molar-refractivity contribution in [2.75, 3.05) is 0 Å². The van der Waals surface area contributed by atoms with Gasteiger partial charge in [0.15, 0.2) is 5.82 Å². The molecule has 4 nitrogen and oxygen atoms in total. The molecule has 0 unspecified atom stereocenters. The molecule has 0 amide bonds. The predicted octanol–water partition coefficient (Wildman–Crippen LogP) is 12.3. The van der Waals surface area contributed by atoms with Crippen molar-refractivity contribution >= 4 is 76.2 Å². The van der Waals surface area contributed by atoms with Gasteiger partial charge in [-0.1, -0.05) is 109 Å². The second-order valence-electron chi connectivity index (χ2n) is 13.0. The van der Waals surface area contributed by atoms with E-state index in [2.05, 4.69) is 144 Å². The highest BCUT2D eigenvalue weighted by atomic mass is 16.3. The van der Waals surface area contributed by atoms with E-state index in [9.17, 15) is 0 Å². The monoisotopic (exact) mass is 637 g/mol. The second-order valence-corrected chi connectivity index (χ2v) is 13.0. The maximum atomic E-state index is 6.27. The van der Waals surface area contributed by atoms with E-state index in [1.54, 1.807) is 0 Å². The zero-order valence-corrected chi connectivity index (χ0v) is 26.8. The summed E-state index contributed by atoms with van der Waals surface area (Å²) in [6.07, 6.45) is 0. The molecule has 11 aromatic rings. The van der Waals surface area contributed by atoms with Crippen LogP contribution in [0.25, 0.3) is 105 Å². The van der Waals surface area contributed by atoms with Gasteiger partial charge in [0.1, 0.15) is 11.2 Å². The fourth-order valence-electron chi connectivity index (χ4n) is 7.83. The van der Waals surface area contributed by atoms with E-state index < -0.39 is 0 Å². The Labute approximate surface area is 286 Å². The molecular weight excluding hydrogens is 611 g/mol. The van der Waals surface area contributed by atoms with Crippen LogP contribution < -0.4 is 0 Å². The predicted molar refractivity (Wildman–Crippen MR) is 207 cm³/mol. The first-order chi connectivity index (χ1) is 24.8. The number of furan rings is 1. The van der Waals surface area contributed by atoms with Crippen LogP contribution in [0.4, 0.5) is 0 Å². The first-order valence-corrected chi connectivity index (χ1v) is 16.9. The molecule has 3 heterocycles. The minimum absolute atomic E-state index is 0.666. The third-order valence-electron chi connectivity index (χ3n) is 10.1. The Kier molecular flexibility index (Phi) is 5.63. The van der Waals surface area contributed by atoms with Crippen molar-refractivity contribution in [3.05, 3.63) is 164 Å². The first-order valence-electron chi connectivity index (χ1n) is 16.9. The molecule has 4 heteroatoms. The summed E-state index contributed by atoms with van der Waals surface area (Å²) in [5.74, 6) is 0.666. The van der Waals surface area contributed by atoms with E-state index in [1.807, 2.05) is 24.3 Å². The Morgan fingerprint density at radius 1 is 0.420 bits per heavy atom. The summed E-state index contributed by atoms with van der Waals surface area (Å²) < 4.78 is 8.68. The Hall–Kier alpha value is -6.78. The van der Waals surface area contributed by atoms with Gasteiger partial charge in [-0.2, -0.15) is 0 Å². The largest absolute Gasteiger partial charge is 0.456 e. The standard InChI is InChI=1S/C46H27N3O/c1-2-12-29-25-42-38(24-28(29)11-1)34-15-6-9-19-41(34)49(42)32-23-30-13-3-4-14-33(30)39(27-32)45-37-17-5-8-18-40(37)47-46(48-45)31-21-22-36-35-16-7-10-20-43(35)50-44(36)26-31/h1-27H. The van der Waals surface area contributed by atoms with Crippen LogP contribution in [0.15, 0.2) is 168 Å². The highest BCUT2D eigenvalue weighted by Gasteiger charge is 2.19. The van der Waals surface area contributed by atoms with Crippen LogP contribution in [0.5, 0.6) is 0 Å². The van der Waals surface area contributed by atoms with Gasteiger partial charge in [0.05, 0.1) is 22.2 Å². The SMILES string of the molecule is c1ccc2cc3c(cc2c1)c1ccccc1n3-c1cc(-c2nc(-c3ccc4c(c3)oc3ccccc34)nc3ccccc23)c2ccccc2c1. The van der Waals surface area contributed by atoms with E-state index in [-0.39, 0.29) is 0 Å². The third kappa shape index (κ3) is 3.99. The number of hydrogen-bond acceptors (Lipinski definition) is 3. The topological polar surface area (TPSA) is 43.9 Å². The normalized spacial score (nSPS) is 12.0. The van der Waals surface area contributed by atoms with Crippen molar-refractivity contribution in [2.45, 2.75) is 0 Å². The number of nitrogens with zero attached hydrogens (tertiary/aromatic N) is 3. The molecule has 0 aliphatic rings. The van der Waals surface area contributed by atoms with Gasteiger partial charge in [-0.15, -0.1) is 0 Å². The molecule has 3 aromatic heterocycles. The molecule has 0 aliphatic heterocycles.